The lowest BCUT2D eigenvalue weighted by molar-refractivity contribution is -0.253. The van der Waals surface area contributed by atoms with Crippen molar-refractivity contribution in [3.63, 3.8) is 0 Å². The fourth-order valence-corrected chi connectivity index (χ4v) is 7.42. The van der Waals surface area contributed by atoms with Crippen LogP contribution in [0.1, 0.15) is 73.6 Å². The lowest BCUT2D eigenvalue weighted by Gasteiger charge is -2.66. The van der Waals surface area contributed by atoms with Crippen LogP contribution in [-0.2, 0) is 14.3 Å². The van der Waals surface area contributed by atoms with Crippen LogP contribution in [0.5, 0.6) is 0 Å². The zero-order valence-corrected chi connectivity index (χ0v) is 16.6. The molecule has 142 valence electrons. The Morgan fingerprint density at radius 1 is 1.16 bits per heavy atom. The second-order valence-electron chi connectivity index (χ2n) is 10.3. The minimum absolute atomic E-state index is 0.0338. The highest BCUT2D eigenvalue weighted by Gasteiger charge is 2.69. The highest BCUT2D eigenvalue weighted by molar-refractivity contribution is 5.84. The van der Waals surface area contributed by atoms with Crippen LogP contribution in [0.15, 0.2) is 0 Å². The fraction of sp³-hybridized carbons (Fsp3) is 0.905. The summed E-state index contributed by atoms with van der Waals surface area (Å²) in [6.07, 6.45) is 3.19. The molecule has 3 aliphatic rings. The Morgan fingerprint density at radius 3 is 2.40 bits per heavy atom. The van der Waals surface area contributed by atoms with Gasteiger partial charge in [-0.05, 0) is 41.9 Å². The van der Waals surface area contributed by atoms with Gasteiger partial charge in [0.2, 0.25) is 0 Å². The Kier molecular flexibility index (Phi) is 4.38. The van der Waals surface area contributed by atoms with Gasteiger partial charge < -0.3 is 9.84 Å². The number of ketones is 1. The molecule has 0 saturated heterocycles. The molecule has 0 aromatic heterocycles. The van der Waals surface area contributed by atoms with E-state index in [0.29, 0.717) is 12.2 Å². The van der Waals surface area contributed by atoms with Crippen molar-refractivity contribution in [1.29, 1.82) is 0 Å². The third-order valence-electron chi connectivity index (χ3n) is 7.66. The number of rotatable bonds is 1. The number of ether oxygens (including phenoxy) is 1. The highest BCUT2D eigenvalue weighted by atomic mass is 16.6. The topological polar surface area (TPSA) is 63.6 Å². The van der Waals surface area contributed by atoms with Crippen LogP contribution >= 0.6 is 0 Å². The average molecular weight is 350 g/mol. The smallest absolute Gasteiger partial charge is 0.303 e. The molecule has 3 aliphatic carbocycles. The van der Waals surface area contributed by atoms with E-state index in [9.17, 15) is 14.7 Å². The van der Waals surface area contributed by atoms with Crippen LogP contribution in [0.3, 0.4) is 0 Å². The number of aliphatic hydroxyl groups is 1. The van der Waals surface area contributed by atoms with Gasteiger partial charge in [0.15, 0.2) is 0 Å². The molecule has 2 unspecified atom stereocenters. The monoisotopic (exact) mass is 350 g/mol. The molecule has 25 heavy (non-hydrogen) atoms. The molecule has 0 radical (unpaired) electrons. The molecule has 0 aromatic rings. The normalized spacial score (nSPS) is 49.1. The van der Waals surface area contributed by atoms with Crippen LogP contribution in [0.2, 0.25) is 0 Å². The predicted molar refractivity (Wildman–Crippen MR) is 95.8 cm³/mol. The van der Waals surface area contributed by atoms with E-state index in [0.717, 1.165) is 25.7 Å². The zero-order valence-electron chi connectivity index (χ0n) is 16.6. The first-order valence-electron chi connectivity index (χ1n) is 9.81. The Bertz CT molecular complexity index is 582. The number of fused-ring (bicyclic) bond motifs is 3. The Labute approximate surface area is 151 Å². The number of aliphatic hydroxyl groups excluding tert-OH is 1. The van der Waals surface area contributed by atoms with E-state index >= 15 is 0 Å². The van der Waals surface area contributed by atoms with Crippen LogP contribution in [0.25, 0.3) is 0 Å². The standard InChI is InChI=1S/C21H34O4/c1-12-10-14(23)16-20(5)9-7-8-19(3,4)17(20)15(24)18(25-13(2)22)21(16,6)11-12/h12,15-18,24H,7-11H2,1-6H3/t12-,15+,16?,17?,18+,20-,21+/m1/s1. The van der Waals surface area contributed by atoms with Crippen LogP contribution in [0.4, 0.5) is 0 Å². The summed E-state index contributed by atoms with van der Waals surface area (Å²) in [6.45, 7) is 12.2. The fourth-order valence-electron chi connectivity index (χ4n) is 7.42. The Morgan fingerprint density at radius 2 is 1.80 bits per heavy atom. The molecule has 3 rings (SSSR count). The predicted octanol–water partition coefficient (Wildman–Crippen LogP) is 3.75. The summed E-state index contributed by atoms with van der Waals surface area (Å²) in [7, 11) is 0. The summed E-state index contributed by atoms with van der Waals surface area (Å²) in [5.41, 5.74) is -0.794. The molecule has 4 heteroatoms. The third kappa shape index (κ3) is 2.67. The van der Waals surface area contributed by atoms with Crippen LogP contribution in [0, 0.1) is 34.0 Å². The number of carbonyl (C=O) groups excluding carboxylic acids is 2. The number of Topliss-reactive ketones (excluding diaryl/α,β-unsaturated/α-hetero) is 1. The SMILES string of the molecule is CC(=O)O[C@H]1[C@@H](O)C2C(C)(C)CCC[C@]2(C)C2C(=O)C[C@@H](C)C[C@@]21C. The Balaban J connectivity index is 2.16. The largest absolute Gasteiger partial charge is 0.459 e. The van der Waals surface area contributed by atoms with Crippen molar-refractivity contribution in [3.8, 4) is 0 Å². The van der Waals surface area contributed by atoms with Gasteiger partial charge in [0.1, 0.15) is 11.9 Å². The minimum atomic E-state index is -0.719. The molecular weight excluding hydrogens is 316 g/mol. The van der Waals surface area contributed by atoms with E-state index in [4.69, 9.17) is 4.74 Å². The van der Waals surface area contributed by atoms with E-state index in [1.807, 2.05) is 0 Å². The van der Waals surface area contributed by atoms with Gasteiger partial charge >= 0.3 is 5.97 Å². The minimum Gasteiger partial charge on any atom is -0.459 e. The van der Waals surface area contributed by atoms with Gasteiger partial charge in [-0.2, -0.15) is 0 Å². The second kappa shape index (κ2) is 5.80. The van der Waals surface area contributed by atoms with Gasteiger partial charge in [-0.25, -0.2) is 0 Å². The van der Waals surface area contributed by atoms with E-state index < -0.39 is 17.6 Å². The van der Waals surface area contributed by atoms with Crippen molar-refractivity contribution < 1.29 is 19.4 Å². The number of esters is 1. The van der Waals surface area contributed by atoms with Gasteiger partial charge in [-0.3, -0.25) is 9.59 Å². The molecule has 3 saturated carbocycles. The average Bonchev–Trinajstić information content (AvgIpc) is 2.40. The van der Waals surface area contributed by atoms with E-state index in [-0.39, 0.29) is 34.6 Å². The molecule has 0 amide bonds. The number of carbonyl (C=O) groups is 2. The van der Waals surface area contributed by atoms with Crippen molar-refractivity contribution in [2.75, 3.05) is 0 Å². The summed E-state index contributed by atoms with van der Waals surface area (Å²) in [5.74, 6) is 0.0141. The summed E-state index contributed by atoms with van der Waals surface area (Å²) >= 11 is 0. The summed E-state index contributed by atoms with van der Waals surface area (Å²) < 4.78 is 5.72. The van der Waals surface area contributed by atoms with Crippen molar-refractivity contribution in [1.82, 2.24) is 0 Å². The third-order valence-corrected chi connectivity index (χ3v) is 7.66. The lowest BCUT2D eigenvalue weighted by atomic mass is 9.39. The molecule has 7 atom stereocenters. The van der Waals surface area contributed by atoms with Gasteiger partial charge in [0.25, 0.3) is 0 Å². The molecule has 0 bridgehead atoms. The molecule has 0 aliphatic heterocycles. The molecule has 4 nitrogen and oxygen atoms in total. The molecule has 1 N–H and O–H groups in total. The molecule has 0 aromatic carbocycles. The maximum absolute atomic E-state index is 13.2. The van der Waals surface area contributed by atoms with Gasteiger partial charge in [-0.1, -0.05) is 41.0 Å². The van der Waals surface area contributed by atoms with Crippen molar-refractivity contribution in [3.05, 3.63) is 0 Å². The maximum atomic E-state index is 13.2. The second-order valence-corrected chi connectivity index (χ2v) is 10.3. The first-order valence-corrected chi connectivity index (χ1v) is 9.81. The number of hydrogen-bond acceptors (Lipinski definition) is 4. The van der Waals surface area contributed by atoms with Crippen LogP contribution < -0.4 is 0 Å². The first-order chi connectivity index (χ1) is 11.4. The van der Waals surface area contributed by atoms with Gasteiger partial charge in [-0.15, -0.1) is 0 Å². The van der Waals surface area contributed by atoms with E-state index in [1.54, 1.807) is 0 Å². The first kappa shape index (κ1) is 18.9. The van der Waals surface area contributed by atoms with Gasteiger partial charge in [0.05, 0.1) is 6.10 Å². The lowest BCUT2D eigenvalue weighted by Crippen LogP contribution is -2.70. The maximum Gasteiger partial charge on any atom is 0.303 e. The summed E-state index contributed by atoms with van der Waals surface area (Å²) in [6, 6.07) is 0. The Hall–Kier alpha value is -0.900. The van der Waals surface area contributed by atoms with E-state index in [1.165, 1.54) is 6.92 Å². The molecular formula is C21H34O4. The molecule has 0 heterocycles. The quantitative estimate of drug-likeness (QED) is 0.732. The molecule has 0 spiro atoms. The van der Waals surface area contributed by atoms with Crippen molar-refractivity contribution >= 4 is 11.8 Å². The summed E-state index contributed by atoms with van der Waals surface area (Å²) in [5, 5.41) is 11.4. The van der Waals surface area contributed by atoms with E-state index in [2.05, 4.69) is 34.6 Å². The highest BCUT2D eigenvalue weighted by Crippen LogP contribution is 2.67. The number of hydrogen-bond donors (Lipinski definition) is 1. The van der Waals surface area contributed by atoms with Crippen molar-refractivity contribution in [2.24, 2.45) is 34.0 Å². The van der Waals surface area contributed by atoms with Crippen molar-refractivity contribution in [2.45, 2.75) is 85.9 Å². The molecule has 3 fully saturated rings. The van der Waals surface area contributed by atoms with Gasteiger partial charge in [0, 0.05) is 24.7 Å². The zero-order chi connectivity index (χ0) is 18.8. The summed E-state index contributed by atoms with van der Waals surface area (Å²) in [4.78, 5) is 25.1. The van der Waals surface area contributed by atoms with Crippen LogP contribution in [-0.4, -0.2) is 29.1 Å².